The molecule has 0 aliphatic carbocycles. The van der Waals surface area contributed by atoms with Crippen LogP contribution in [0.15, 0.2) is 18.2 Å². The number of carbonyl (C=O) groups is 1. The Morgan fingerprint density at radius 1 is 1.40 bits per heavy atom. The fraction of sp³-hybridized carbons (Fsp3) is 0.462. The van der Waals surface area contributed by atoms with Gasteiger partial charge in [0.25, 0.3) is 5.91 Å². The summed E-state index contributed by atoms with van der Waals surface area (Å²) >= 11 is 0. The molecule has 15 heavy (non-hydrogen) atoms. The van der Waals surface area contributed by atoms with Crippen LogP contribution in [0.1, 0.15) is 35.3 Å². The Morgan fingerprint density at radius 3 is 2.73 bits per heavy atom. The maximum absolute atomic E-state index is 12.0. The van der Waals surface area contributed by atoms with Crippen LogP contribution in [0.2, 0.25) is 0 Å². The smallest absolute Gasteiger partial charge is 0.254 e. The van der Waals surface area contributed by atoms with Crippen molar-refractivity contribution in [2.24, 2.45) is 5.92 Å². The number of aryl methyl sites for hydroxylation is 1. The molecule has 1 amide bonds. The van der Waals surface area contributed by atoms with E-state index in [9.17, 15) is 4.79 Å². The van der Waals surface area contributed by atoms with E-state index in [1.807, 2.05) is 17.0 Å². The van der Waals surface area contributed by atoms with E-state index >= 15 is 0 Å². The molecule has 1 aromatic carbocycles. The molecule has 0 N–H and O–H groups in total. The lowest BCUT2D eigenvalue weighted by Crippen LogP contribution is -2.27. The molecule has 0 saturated heterocycles. The standard InChI is InChI=1S/C13H17NO/c1-9(2)7-14-8-12-10(3)5-4-6-11(12)13(14)15/h4-6,9H,7-8H2,1-3H3. The fourth-order valence-corrected chi connectivity index (χ4v) is 2.13. The summed E-state index contributed by atoms with van der Waals surface area (Å²) in [7, 11) is 0. The van der Waals surface area contributed by atoms with E-state index < -0.39 is 0 Å². The van der Waals surface area contributed by atoms with Gasteiger partial charge in [-0.15, -0.1) is 0 Å². The van der Waals surface area contributed by atoms with Gasteiger partial charge in [0.2, 0.25) is 0 Å². The van der Waals surface area contributed by atoms with Gasteiger partial charge in [0, 0.05) is 18.7 Å². The Kier molecular flexibility index (Phi) is 2.51. The van der Waals surface area contributed by atoms with Crippen LogP contribution in [0.25, 0.3) is 0 Å². The third-order valence-electron chi connectivity index (χ3n) is 2.86. The number of rotatable bonds is 2. The zero-order valence-electron chi connectivity index (χ0n) is 9.58. The quantitative estimate of drug-likeness (QED) is 0.723. The van der Waals surface area contributed by atoms with Crippen molar-refractivity contribution < 1.29 is 4.79 Å². The van der Waals surface area contributed by atoms with Crippen LogP contribution in [0.3, 0.4) is 0 Å². The molecule has 2 heteroatoms. The van der Waals surface area contributed by atoms with E-state index in [1.165, 1.54) is 11.1 Å². The molecule has 0 saturated carbocycles. The molecule has 0 spiro atoms. The van der Waals surface area contributed by atoms with Gasteiger partial charge in [0.15, 0.2) is 0 Å². The Balaban J connectivity index is 2.29. The zero-order valence-corrected chi connectivity index (χ0v) is 9.58. The van der Waals surface area contributed by atoms with Gasteiger partial charge in [0.05, 0.1) is 0 Å². The van der Waals surface area contributed by atoms with Crippen molar-refractivity contribution in [3.63, 3.8) is 0 Å². The maximum Gasteiger partial charge on any atom is 0.254 e. The van der Waals surface area contributed by atoms with Gasteiger partial charge in [0.1, 0.15) is 0 Å². The predicted octanol–water partition coefficient (Wildman–Crippen LogP) is 2.61. The molecule has 0 unspecified atom stereocenters. The largest absolute Gasteiger partial charge is 0.334 e. The topological polar surface area (TPSA) is 20.3 Å². The molecule has 80 valence electrons. The van der Waals surface area contributed by atoms with Gasteiger partial charge < -0.3 is 4.90 Å². The number of fused-ring (bicyclic) bond motifs is 1. The Labute approximate surface area is 90.9 Å². The first-order valence-corrected chi connectivity index (χ1v) is 5.47. The fourth-order valence-electron chi connectivity index (χ4n) is 2.13. The van der Waals surface area contributed by atoms with E-state index in [4.69, 9.17) is 0 Å². The molecule has 0 radical (unpaired) electrons. The van der Waals surface area contributed by atoms with Gasteiger partial charge in [-0.1, -0.05) is 26.0 Å². The van der Waals surface area contributed by atoms with Gasteiger partial charge in [-0.2, -0.15) is 0 Å². The van der Waals surface area contributed by atoms with Crippen molar-refractivity contribution in [1.29, 1.82) is 0 Å². The minimum Gasteiger partial charge on any atom is -0.334 e. The normalized spacial score (nSPS) is 14.9. The predicted molar refractivity (Wildman–Crippen MR) is 60.8 cm³/mol. The second-order valence-corrected chi connectivity index (χ2v) is 4.68. The SMILES string of the molecule is Cc1cccc2c1CN(CC(C)C)C2=O. The molecule has 1 aromatic rings. The average molecular weight is 203 g/mol. The Bertz CT molecular complexity index is 396. The first kappa shape index (κ1) is 10.2. The maximum atomic E-state index is 12.0. The molecule has 1 heterocycles. The summed E-state index contributed by atoms with van der Waals surface area (Å²) in [5, 5.41) is 0. The molecule has 0 fully saturated rings. The molecule has 0 aromatic heterocycles. The van der Waals surface area contributed by atoms with Crippen LogP contribution in [0, 0.1) is 12.8 Å². The van der Waals surface area contributed by atoms with Crippen LogP contribution in [0.4, 0.5) is 0 Å². The first-order chi connectivity index (χ1) is 7.09. The highest BCUT2D eigenvalue weighted by Gasteiger charge is 2.28. The number of hydrogen-bond donors (Lipinski definition) is 0. The van der Waals surface area contributed by atoms with Gasteiger partial charge >= 0.3 is 0 Å². The van der Waals surface area contributed by atoms with Crippen LogP contribution >= 0.6 is 0 Å². The van der Waals surface area contributed by atoms with Crippen molar-refractivity contribution in [2.75, 3.05) is 6.54 Å². The first-order valence-electron chi connectivity index (χ1n) is 5.47. The van der Waals surface area contributed by atoms with Crippen molar-refractivity contribution in [1.82, 2.24) is 4.90 Å². The van der Waals surface area contributed by atoms with Gasteiger partial charge in [-0.05, 0) is 30.0 Å². The summed E-state index contributed by atoms with van der Waals surface area (Å²) in [5.41, 5.74) is 3.34. The number of amides is 1. The lowest BCUT2D eigenvalue weighted by Gasteiger charge is -2.17. The summed E-state index contributed by atoms with van der Waals surface area (Å²) < 4.78 is 0. The second kappa shape index (κ2) is 3.69. The van der Waals surface area contributed by atoms with Gasteiger partial charge in [-0.25, -0.2) is 0 Å². The molecule has 0 bridgehead atoms. The minimum absolute atomic E-state index is 0.197. The average Bonchev–Trinajstić information content (AvgIpc) is 2.46. The Hall–Kier alpha value is -1.31. The highest BCUT2D eigenvalue weighted by Crippen LogP contribution is 2.25. The molecular formula is C13H17NO. The van der Waals surface area contributed by atoms with Crippen molar-refractivity contribution in [3.05, 3.63) is 34.9 Å². The molecular weight excluding hydrogens is 186 g/mol. The van der Waals surface area contributed by atoms with E-state index in [1.54, 1.807) is 0 Å². The zero-order chi connectivity index (χ0) is 11.0. The molecule has 1 aliphatic heterocycles. The molecule has 2 nitrogen and oxygen atoms in total. The Morgan fingerprint density at radius 2 is 2.13 bits per heavy atom. The van der Waals surface area contributed by atoms with Gasteiger partial charge in [-0.3, -0.25) is 4.79 Å². The van der Waals surface area contributed by atoms with Crippen LogP contribution < -0.4 is 0 Å². The summed E-state index contributed by atoms with van der Waals surface area (Å²) in [6.07, 6.45) is 0. The van der Waals surface area contributed by atoms with Crippen LogP contribution in [-0.2, 0) is 6.54 Å². The van der Waals surface area contributed by atoms with Crippen LogP contribution in [0.5, 0.6) is 0 Å². The number of nitrogens with zero attached hydrogens (tertiary/aromatic N) is 1. The summed E-state index contributed by atoms with van der Waals surface area (Å²) in [6, 6.07) is 5.97. The van der Waals surface area contributed by atoms with E-state index in [-0.39, 0.29) is 5.91 Å². The third kappa shape index (κ3) is 1.76. The summed E-state index contributed by atoms with van der Waals surface area (Å²) in [5.74, 6) is 0.728. The van der Waals surface area contributed by atoms with Crippen molar-refractivity contribution >= 4 is 5.91 Å². The highest BCUT2D eigenvalue weighted by atomic mass is 16.2. The lowest BCUT2D eigenvalue weighted by molar-refractivity contribution is 0.0760. The lowest BCUT2D eigenvalue weighted by atomic mass is 10.1. The third-order valence-corrected chi connectivity index (χ3v) is 2.86. The van der Waals surface area contributed by atoms with E-state index in [0.29, 0.717) is 5.92 Å². The van der Waals surface area contributed by atoms with E-state index in [0.717, 1.165) is 18.7 Å². The molecule has 2 rings (SSSR count). The summed E-state index contributed by atoms with van der Waals surface area (Å²) in [4.78, 5) is 14.0. The monoisotopic (exact) mass is 203 g/mol. The van der Waals surface area contributed by atoms with Crippen molar-refractivity contribution in [3.8, 4) is 0 Å². The van der Waals surface area contributed by atoms with Crippen molar-refractivity contribution in [2.45, 2.75) is 27.3 Å². The number of carbonyl (C=O) groups excluding carboxylic acids is 1. The highest BCUT2D eigenvalue weighted by molar-refractivity contribution is 5.98. The second-order valence-electron chi connectivity index (χ2n) is 4.68. The number of hydrogen-bond acceptors (Lipinski definition) is 1. The van der Waals surface area contributed by atoms with Crippen LogP contribution in [-0.4, -0.2) is 17.4 Å². The minimum atomic E-state index is 0.197. The summed E-state index contributed by atoms with van der Waals surface area (Å²) in [6.45, 7) is 8.00. The van der Waals surface area contributed by atoms with E-state index in [2.05, 4.69) is 26.8 Å². The molecule has 0 atom stereocenters. The number of benzene rings is 1. The molecule has 1 aliphatic rings.